The first-order valence-electron chi connectivity index (χ1n) is 6.42. The van der Waals surface area contributed by atoms with Crippen LogP contribution in [0.25, 0.3) is 0 Å². The Morgan fingerprint density at radius 2 is 1.86 bits per heavy atom. The fraction of sp³-hybridized carbons (Fsp3) is 0.462. The average molecular weight is 316 g/mol. The molecule has 118 valence electrons. The summed E-state index contributed by atoms with van der Waals surface area (Å²) >= 11 is 0. The molecule has 0 aliphatic heterocycles. The summed E-state index contributed by atoms with van der Waals surface area (Å²) in [6, 6.07) is 8.81. The highest BCUT2D eigenvalue weighted by molar-refractivity contribution is 7.89. The number of rotatable bonds is 10. The maximum Gasteiger partial charge on any atom is 0.239 e. The molecule has 1 aromatic rings. The molecule has 0 aliphatic carbocycles. The molecule has 0 unspecified atom stereocenters. The first-order valence-corrected chi connectivity index (χ1v) is 8.07. The van der Waals surface area contributed by atoms with Crippen LogP contribution in [0.1, 0.15) is 0 Å². The van der Waals surface area contributed by atoms with E-state index in [1.165, 1.54) is 7.11 Å². The fourth-order valence-electron chi connectivity index (χ4n) is 1.39. The Labute approximate surface area is 124 Å². The van der Waals surface area contributed by atoms with Crippen LogP contribution in [0.4, 0.5) is 5.69 Å². The van der Waals surface area contributed by atoms with Crippen LogP contribution in [0.15, 0.2) is 30.3 Å². The summed E-state index contributed by atoms with van der Waals surface area (Å²) in [5.74, 6) is -0.625. The van der Waals surface area contributed by atoms with Gasteiger partial charge < -0.3 is 14.8 Å². The molecular formula is C13H20N2O5S. The van der Waals surface area contributed by atoms with E-state index in [0.717, 1.165) is 0 Å². The number of hydrogen-bond donors (Lipinski definition) is 2. The van der Waals surface area contributed by atoms with Gasteiger partial charge in [-0.3, -0.25) is 4.79 Å². The van der Waals surface area contributed by atoms with Gasteiger partial charge in [0.15, 0.2) is 0 Å². The Morgan fingerprint density at radius 1 is 1.14 bits per heavy atom. The highest BCUT2D eigenvalue weighted by atomic mass is 32.2. The lowest BCUT2D eigenvalue weighted by Crippen LogP contribution is -2.35. The van der Waals surface area contributed by atoms with Crippen LogP contribution in [0, 0.1) is 0 Å². The van der Waals surface area contributed by atoms with Crippen molar-refractivity contribution in [2.45, 2.75) is 0 Å². The van der Waals surface area contributed by atoms with Gasteiger partial charge in [0, 0.05) is 12.8 Å². The molecular weight excluding hydrogens is 296 g/mol. The third-order valence-corrected chi connectivity index (χ3v) is 3.73. The van der Waals surface area contributed by atoms with Gasteiger partial charge in [-0.2, -0.15) is 0 Å². The van der Waals surface area contributed by atoms with E-state index in [1.807, 2.05) is 6.07 Å². The minimum Gasteiger partial charge on any atom is -0.382 e. The fourth-order valence-corrected chi connectivity index (χ4v) is 2.22. The Bertz CT molecular complexity index is 519. The molecule has 1 amide bonds. The Kier molecular flexibility index (Phi) is 7.91. The van der Waals surface area contributed by atoms with Crippen molar-refractivity contribution in [1.29, 1.82) is 0 Å². The molecule has 1 aromatic carbocycles. The summed E-state index contributed by atoms with van der Waals surface area (Å²) in [6.07, 6.45) is 0. The van der Waals surface area contributed by atoms with Crippen molar-refractivity contribution in [2.24, 2.45) is 0 Å². The predicted molar refractivity (Wildman–Crippen MR) is 79.6 cm³/mol. The van der Waals surface area contributed by atoms with Crippen LogP contribution < -0.4 is 10.0 Å². The number of ether oxygens (including phenoxy) is 2. The van der Waals surface area contributed by atoms with E-state index in [0.29, 0.717) is 18.9 Å². The highest BCUT2D eigenvalue weighted by Gasteiger charge is 2.12. The standard InChI is InChI=1S/C13H20N2O5S/c1-19-7-8-20-9-10-21(17,18)14-11-13(16)15-12-5-3-2-4-6-12/h2-6,14H,7-11H2,1H3,(H,15,16). The molecule has 21 heavy (non-hydrogen) atoms. The quantitative estimate of drug-likeness (QED) is 0.602. The maximum absolute atomic E-state index is 11.6. The molecule has 0 bridgehead atoms. The van der Waals surface area contributed by atoms with Gasteiger partial charge in [0.25, 0.3) is 0 Å². The van der Waals surface area contributed by atoms with Gasteiger partial charge in [0.1, 0.15) is 0 Å². The van der Waals surface area contributed by atoms with E-state index in [1.54, 1.807) is 24.3 Å². The van der Waals surface area contributed by atoms with E-state index >= 15 is 0 Å². The molecule has 1 rings (SSSR count). The van der Waals surface area contributed by atoms with Crippen LogP contribution in [0.5, 0.6) is 0 Å². The topological polar surface area (TPSA) is 93.7 Å². The average Bonchev–Trinajstić information content (AvgIpc) is 2.46. The number of carbonyl (C=O) groups is 1. The zero-order valence-corrected chi connectivity index (χ0v) is 12.7. The normalized spacial score (nSPS) is 11.3. The predicted octanol–water partition coefficient (Wildman–Crippen LogP) is 0.208. The molecule has 0 atom stereocenters. The Balaban J connectivity index is 2.24. The number of sulfonamides is 1. The van der Waals surface area contributed by atoms with E-state index in [4.69, 9.17) is 9.47 Å². The summed E-state index contributed by atoms with van der Waals surface area (Å²) in [5, 5.41) is 2.58. The Hall–Kier alpha value is -1.48. The Morgan fingerprint density at radius 3 is 2.52 bits per heavy atom. The molecule has 0 heterocycles. The van der Waals surface area contributed by atoms with Crippen molar-refractivity contribution in [3.05, 3.63) is 30.3 Å². The lowest BCUT2D eigenvalue weighted by molar-refractivity contribution is -0.115. The number of amides is 1. The molecule has 0 radical (unpaired) electrons. The monoisotopic (exact) mass is 316 g/mol. The summed E-state index contributed by atoms with van der Waals surface area (Å²) in [4.78, 5) is 11.6. The van der Waals surface area contributed by atoms with E-state index in [9.17, 15) is 13.2 Å². The van der Waals surface area contributed by atoms with Crippen LogP contribution in [-0.2, 0) is 24.3 Å². The molecule has 0 fully saturated rings. The van der Waals surface area contributed by atoms with Crippen molar-refractivity contribution in [2.75, 3.05) is 44.5 Å². The van der Waals surface area contributed by atoms with E-state index < -0.39 is 15.9 Å². The third kappa shape index (κ3) is 8.41. The number of carbonyl (C=O) groups excluding carboxylic acids is 1. The zero-order chi connectivity index (χ0) is 15.6. The van der Waals surface area contributed by atoms with Crippen molar-refractivity contribution in [1.82, 2.24) is 4.72 Å². The molecule has 0 saturated carbocycles. The maximum atomic E-state index is 11.6. The zero-order valence-electron chi connectivity index (χ0n) is 11.9. The van der Waals surface area contributed by atoms with E-state index in [-0.39, 0.29) is 18.9 Å². The number of benzene rings is 1. The molecule has 0 aliphatic rings. The summed E-state index contributed by atoms with van der Waals surface area (Å²) in [5.41, 5.74) is 0.615. The van der Waals surface area contributed by atoms with Gasteiger partial charge in [0.2, 0.25) is 15.9 Å². The molecule has 0 aromatic heterocycles. The van der Waals surface area contributed by atoms with Crippen LogP contribution >= 0.6 is 0 Å². The van der Waals surface area contributed by atoms with Gasteiger partial charge in [-0.25, -0.2) is 13.1 Å². The van der Waals surface area contributed by atoms with Gasteiger partial charge in [0.05, 0.1) is 32.1 Å². The largest absolute Gasteiger partial charge is 0.382 e. The minimum atomic E-state index is -3.53. The number of hydrogen-bond acceptors (Lipinski definition) is 5. The first kappa shape index (κ1) is 17.6. The number of nitrogens with one attached hydrogen (secondary N) is 2. The van der Waals surface area contributed by atoms with Gasteiger partial charge in [-0.1, -0.05) is 18.2 Å². The SMILES string of the molecule is COCCOCCS(=O)(=O)NCC(=O)Nc1ccccc1. The molecule has 7 nitrogen and oxygen atoms in total. The van der Waals surface area contributed by atoms with Crippen LogP contribution in [0.3, 0.4) is 0 Å². The minimum absolute atomic E-state index is 0.0546. The molecule has 8 heteroatoms. The van der Waals surface area contributed by atoms with Gasteiger partial charge in [-0.05, 0) is 12.1 Å². The summed E-state index contributed by atoms with van der Waals surface area (Å²) < 4.78 is 35.3. The number of para-hydroxylation sites is 1. The van der Waals surface area contributed by atoms with E-state index in [2.05, 4.69) is 10.0 Å². The van der Waals surface area contributed by atoms with Crippen molar-refractivity contribution in [3.63, 3.8) is 0 Å². The summed E-state index contributed by atoms with van der Waals surface area (Å²) in [7, 11) is -2.00. The number of anilines is 1. The van der Waals surface area contributed by atoms with Gasteiger partial charge >= 0.3 is 0 Å². The lowest BCUT2D eigenvalue weighted by Gasteiger charge is -2.08. The van der Waals surface area contributed by atoms with Crippen molar-refractivity contribution in [3.8, 4) is 0 Å². The molecule has 0 spiro atoms. The molecule has 2 N–H and O–H groups in total. The smallest absolute Gasteiger partial charge is 0.239 e. The molecule has 0 saturated heterocycles. The second-order valence-electron chi connectivity index (χ2n) is 4.16. The van der Waals surface area contributed by atoms with Crippen LogP contribution in [0.2, 0.25) is 0 Å². The highest BCUT2D eigenvalue weighted by Crippen LogP contribution is 2.04. The van der Waals surface area contributed by atoms with Crippen molar-refractivity contribution >= 4 is 21.6 Å². The second-order valence-corrected chi connectivity index (χ2v) is 6.09. The van der Waals surface area contributed by atoms with Crippen molar-refractivity contribution < 1.29 is 22.7 Å². The second kappa shape index (κ2) is 9.46. The van der Waals surface area contributed by atoms with Crippen LogP contribution in [-0.4, -0.2) is 53.6 Å². The van der Waals surface area contributed by atoms with Gasteiger partial charge in [-0.15, -0.1) is 0 Å². The number of methoxy groups -OCH3 is 1. The lowest BCUT2D eigenvalue weighted by atomic mass is 10.3. The first-order chi connectivity index (χ1) is 10.0. The third-order valence-electron chi connectivity index (χ3n) is 2.44. The summed E-state index contributed by atoms with van der Waals surface area (Å²) in [6.45, 7) is 0.488.